The molecule has 2 amide bonds. The Morgan fingerprint density at radius 3 is 2.21 bits per heavy atom. The number of carbonyl (C=O) groups excluding carboxylic acids is 2. The molecule has 1 N–H and O–H groups in total. The zero-order valence-electron chi connectivity index (χ0n) is 25.0. The van der Waals surface area contributed by atoms with Crippen LogP contribution in [0.3, 0.4) is 0 Å². The molecule has 0 bridgehead atoms. The van der Waals surface area contributed by atoms with Gasteiger partial charge in [-0.1, -0.05) is 67.9 Å². The van der Waals surface area contributed by atoms with Crippen molar-refractivity contribution in [1.29, 1.82) is 0 Å². The van der Waals surface area contributed by atoms with Gasteiger partial charge in [0.25, 0.3) is 0 Å². The highest BCUT2D eigenvalue weighted by Gasteiger charge is 2.35. The van der Waals surface area contributed by atoms with Crippen LogP contribution in [-0.4, -0.2) is 62.7 Å². The van der Waals surface area contributed by atoms with Crippen molar-refractivity contribution in [3.63, 3.8) is 0 Å². The SMILES string of the molecule is CCCCNC(=O)[C@@H](Cc1ccccc1)N(Cc1ccc(F)cc1)C(=O)CN(c1cc(C)ccc1C)S(=O)(=O)N(C)C. The largest absolute Gasteiger partial charge is 0.354 e. The van der Waals surface area contributed by atoms with E-state index in [-0.39, 0.29) is 18.9 Å². The Hall–Kier alpha value is -3.76. The molecule has 0 aliphatic rings. The highest BCUT2D eigenvalue weighted by molar-refractivity contribution is 7.90. The summed E-state index contributed by atoms with van der Waals surface area (Å²) in [6.45, 7) is 5.56. The van der Waals surface area contributed by atoms with Gasteiger partial charge in [0, 0.05) is 33.6 Å². The summed E-state index contributed by atoms with van der Waals surface area (Å²) in [5.74, 6) is -1.32. The Morgan fingerprint density at radius 2 is 1.60 bits per heavy atom. The molecule has 0 saturated carbocycles. The predicted molar refractivity (Wildman–Crippen MR) is 165 cm³/mol. The third kappa shape index (κ3) is 8.62. The molecule has 0 saturated heterocycles. The van der Waals surface area contributed by atoms with Crippen LogP contribution in [0, 0.1) is 19.7 Å². The Labute approximate surface area is 249 Å². The number of nitrogens with one attached hydrogen (secondary N) is 1. The Balaban J connectivity index is 2.10. The predicted octanol–water partition coefficient (Wildman–Crippen LogP) is 4.61. The molecule has 3 aromatic carbocycles. The van der Waals surface area contributed by atoms with E-state index in [0.29, 0.717) is 23.4 Å². The van der Waals surface area contributed by atoms with Crippen LogP contribution in [0.1, 0.15) is 42.0 Å². The topological polar surface area (TPSA) is 90.0 Å². The van der Waals surface area contributed by atoms with Gasteiger partial charge in [-0.3, -0.25) is 9.59 Å². The number of rotatable bonds is 14. The van der Waals surface area contributed by atoms with Gasteiger partial charge in [0.05, 0.1) is 5.69 Å². The number of aryl methyl sites for hydroxylation is 2. The zero-order valence-corrected chi connectivity index (χ0v) is 25.8. The van der Waals surface area contributed by atoms with Crippen molar-refractivity contribution in [1.82, 2.24) is 14.5 Å². The number of anilines is 1. The number of benzene rings is 3. The lowest BCUT2D eigenvalue weighted by Crippen LogP contribution is -2.54. The summed E-state index contributed by atoms with van der Waals surface area (Å²) in [4.78, 5) is 29.4. The average molecular weight is 597 g/mol. The molecule has 0 fully saturated rings. The van der Waals surface area contributed by atoms with Gasteiger partial charge in [-0.05, 0) is 60.7 Å². The maximum absolute atomic E-state index is 14.3. The monoisotopic (exact) mass is 596 g/mol. The van der Waals surface area contributed by atoms with E-state index >= 15 is 0 Å². The van der Waals surface area contributed by atoms with Crippen molar-refractivity contribution in [2.45, 2.75) is 52.6 Å². The van der Waals surface area contributed by atoms with E-state index < -0.39 is 34.5 Å². The second-order valence-corrected chi connectivity index (χ2v) is 12.7. The van der Waals surface area contributed by atoms with Crippen LogP contribution < -0.4 is 9.62 Å². The summed E-state index contributed by atoms with van der Waals surface area (Å²) in [5.41, 5.74) is 3.35. The highest BCUT2D eigenvalue weighted by atomic mass is 32.2. The van der Waals surface area contributed by atoms with Crippen LogP contribution in [0.4, 0.5) is 10.1 Å². The fraction of sp³-hybridized carbons (Fsp3) is 0.375. The summed E-state index contributed by atoms with van der Waals surface area (Å²) in [7, 11) is -1.27. The van der Waals surface area contributed by atoms with Gasteiger partial charge in [0.1, 0.15) is 18.4 Å². The highest BCUT2D eigenvalue weighted by Crippen LogP contribution is 2.26. The maximum atomic E-state index is 14.3. The standard InChI is InChI=1S/C32H41FN4O4S/c1-6-7-19-34-32(39)30(21-26-11-9-8-10-12-26)36(22-27-15-17-28(33)18-16-27)31(38)23-37(42(40,41)35(4)5)29-20-24(2)13-14-25(29)3/h8-18,20,30H,6-7,19,21-23H2,1-5H3,(H,34,39)/t30-/m1/s1. The van der Waals surface area contributed by atoms with Crippen LogP contribution in [0.15, 0.2) is 72.8 Å². The zero-order chi connectivity index (χ0) is 30.9. The summed E-state index contributed by atoms with van der Waals surface area (Å²) in [5, 5.41) is 2.95. The van der Waals surface area contributed by atoms with Gasteiger partial charge in [0.15, 0.2) is 0 Å². The minimum Gasteiger partial charge on any atom is -0.354 e. The number of nitrogens with zero attached hydrogens (tertiary/aromatic N) is 3. The normalized spacial score (nSPS) is 12.2. The van der Waals surface area contributed by atoms with Crippen molar-refractivity contribution >= 4 is 27.7 Å². The number of halogens is 1. The summed E-state index contributed by atoms with van der Waals surface area (Å²) >= 11 is 0. The van der Waals surface area contributed by atoms with Crippen molar-refractivity contribution < 1.29 is 22.4 Å². The molecular formula is C32H41FN4O4S. The van der Waals surface area contributed by atoms with E-state index in [1.54, 1.807) is 25.1 Å². The smallest absolute Gasteiger partial charge is 0.304 e. The first-order valence-electron chi connectivity index (χ1n) is 14.1. The molecule has 226 valence electrons. The van der Waals surface area contributed by atoms with Gasteiger partial charge in [-0.2, -0.15) is 12.7 Å². The van der Waals surface area contributed by atoms with Crippen molar-refractivity contribution in [3.05, 3.63) is 101 Å². The van der Waals surface area contributed by atoms with Gasteiger partial charge >= 0.3 is 10.2 Å². The Kier molecular flexibility index (Phi) is 11.6. The van der Waals surface area contributed by atoms with Crippen molar-refractivity contribution in [2.75, 3.05) is 31.5 Å². The first-order valence-corrected chi connectivity index (χ1v) is 15.5. The minimum absolute atomic E-state index is 0.0134. The van der Waals surface area contributed by atoms with Gasteiger partial charge < -0.3 is 10.2 Å². The van der Waals surface area contributed by atoms with Crippen LogP contribution in [0.5, 0.6) is 0 Å². The van der Waals surface area contributed by atoms with Crippen LogP contribution in [-0.2, 0) is 32.8 Å². The quantitative estimate of drug-likeness (QED) is 0.275. The first kappa shape index (κ1) is 32.8. The number of carbonyl (C=O) groups is 2. The van der Waals surface area contributed by atoms with E-state index in [1.165, 1.54) is 31.1 Å². The summed E-state index contributed by atoms with van der Waals surface area (Å²) in [6.07, 6.45) is 1.88. The van der Waals surface area contributed by atoms with Crippen LogP contribution >= 0.6 is 0 Å². The molecule has 0 aliphatic carbocycles. The van der Waals surface area contributed by atoms with E-state index in [0.717, 1.165) is 32.6 Å². The summed E-state index contributed by atoms with van der Waals surface area (Å²) < 4.78 is 43.0. The molecule has 10 heteroatoms. The number of hydrogen-bond acceptors (Lipinski definition) is 4. The molecule has 0 aromatic heterocycles. The molecule has 0 aliphatic heterocycles. The molecule has 3 rings (SSSR count). The third-order valence-electron chi connectivity index (χ3n) is 7.02. The van der Waals surface area contributed by atoms with Crippen molar-refractivity contribution in [2.24, 2.45) is 0 Å². The number of amides is 2. The average Bonchev–Trinajstić information content (AvgIpc) is 2.96. The molecule has 0 radical (unpaired) electrons. The first-order chi connectivity index (χ1) is 19.9. The lowest BCUT2D eigenvalue weighted by atomic mass is 10.0. The van der Waals surface area contributed by atoms with E-state index in [9.17, 15) is 22.4 Å². The van der Waals surface area contributed by atoms with E-state index in [2.05, 4.69) is 5.32 Å². The summed E-state index contributed by atoms with van der Waals surface area (Å²) in [6, 6.07) is 19.5. The minimum atomic E-state index is -4.09. The third-order valence-corrected chi connectivity index (χ3v) is 8.82. The fourth-order valence-electron chi connectivity index (χ4n) is 4.54. The molecular weight excluding hydrogens is 555 g/mol. The van der Waals surface area contributed by atoms with Gasteiger partial charge in [-0.25, -0.2) is 8.70 Å². The second-order valence-electron chi connectivity index (χ2n) is 10.6. The second kappa shape index (κ2) is 14.9. The molecule has 0 heterocycles. The van der Waals surface area contributed by atoms with Crippen LogP contribution in [0.25, 0.3) is 0 Å². The Bertz CT molecular complexity index is 1450. The lowest BCUT2D eigenvalue weighted by Gasteiger charge is -2.35. The van der Waals surface area contributed by atoms with Gasteiger partial charge in [0.2, 0.25) is 11.8 Å². The number of unbranched alkanes of at least 4 members (excludes halogenated alkanes) is 1. The van der Waals surface area contributed by atoms with E-state index in [4.69, 9.17) is 0 Å². The molecule has 8 nitrogen and oxygen atoms in total. The maximum Gasteiger partial charge on any atom is 0.304 e. The van der Waals surface area contributed by atoms with E-state index in [1.807, 2.05) is 56.3 Å². The van der Waals surface area contributed by atoms with Gasteiger partial charge in [-0.15, -0.1) is 0 Å². The Morgan fingerprint density at radius 1 is 0.929 bits per heavy atom. The van der Waals surface area contributed by atoms with Crippen molar-refractivity contribution in [3.8, 4) is 0 Å². The molecule has 1 atom stereocenters. The molecule has 3 aromatic rings. The molecule has 0 spiro atoms. The fourth-order valence-corrected chi connectivity index (χ4v) is 5.65. The molecule has 0 unspecified atom stereocenters. The lowest BCUT2D eigenvalue weighted by molar-refractivity contribution is -0.140. The number of hydrogen-bond donors (Lipinski definition) is 1. The molecule has 42 heavy (non-hydrogen) atoms. The van der Waals surface area contributed by atoms with Crippen LogP contribution in [0.2, 0.25) is 0 Å².